The molecule has 3 rings (SSSR count). The lowest BCUT2D eigenvalue weighted by Gasteiger charge is -1.90. The Kier molecular flexibility index (Phi) is 1.63. The minimum atomic E-state index is 0.899. The van der Waals surface area contributed by atoms with Gasteiger partial charge in [0.05, 0.1) is 11.0 Å². The van der Waals surface area contributed by atoms with E-state index in [2.05, 4.69) is 35.1 Å². The summed E-state index contributed by atoms with van der Waals surface area (Å²) in [5.74, 6) is 2.06. The molecule has 2 heteroatoms. The molecule has 0 amide bonds. The van der Waals surface area contributed by atoms with E-state index in [9.17, 15) is 0 Å². The zero-order chi connectivity index (χ0) is 9.54. The Morgan fingerprint density at radius 2 is 2.29 bits per heavy atom. The van der Waals surface area contributed by atoms with Crippen molar-refractivity contribution in [2.75, 3.05) is 0 Å². The van der Waals surface area contributed by atoms with Crippen molar-refractivity contribution in [3.8, 4) is 0 Å². The number of aryl methyl sites for hydroxylation is 1. The van der Waals surface area contributed by atoms with Crippen LogP contribution >= 0.6 is 0 Å². The van der Waals surface area contributed by atoms with Crippen LogP contribution in [-0.2, 0) is 6.42 Å². The highest BCUT2D eigenvalue weighted by atomic mass is 14.9. The van der Waals surface area contributed by atoms with Crippen LogP contribution in [-0.4, -0.2) is 9.97 Å². The molecular weight excluding hydrogens is 172 g/mol. The highest BCUT2D eigenvalue weighted by Gasteiger charge is 2.22. The standard InChI is InChI=1S/C12H14N2/c1-8-3-2-4-10-12(8)14-11(13-10)7-9-5-6-9/h2-4,9H,5-7H2,1H3,(H,13,14). The average molecular weight is 186 g/mol. The fourth-order valence-corrected chi connectivity index (χ4v) is 1.92. The largest absolute Gasteiger partial charge is 0.342 e. The molecule has 2 aromatic rings. The molecule has 1 aromatic heterocycles. The molecule has 1 saturated carbocycles. The summed E-state index contributed by atoms with van der Waals surface area (Å²) in [5.41, 5.74) is 3.59. The fraction of sp³-hybridized carbons (Fsp3) is 0.417. The maximum atomic E-state index is 4.64. The third-order valence-electron chi connectivity index (χ3n) is 2.94. The summed E-state index contributed by atoms with van der Waals surface area (Å²) in [5, 5.41) is 0. The van der Waals surface area contributed by atoms with Gasteiger partial charge < -0.3 is 4.98 Å². The topological polar surface area (TPSA) is 28.7 Å². The second-order valence-electron chi connectivity index (χ2n) is 4.30. The summed E-state index contributed by atoms with van der Waals surface area (Å²) in [6.07, 6.45) is 3.90. The number of nitrogens with zero attached hydrogens (tertiary/aromatic N) is 1. The third-order valence-corrected chi connectivity index (χ3v) is 2.94. The van der Waals surface area contributed by atoms with Gasteiger partial charge >= 0.3 is 0 Å². The van der Waals surface area contributed by atoms with E-state index in [1.54, 1.807) is 0 Å². The van der Waals surface area contributed by atoms with Gasteiger partial charge in [0.15, 0.2) is 0 Å². The van der Waals surface area contributed by atoms with Crippen molar-refractivity contribution in [2.24, 2.45) is 5.92 Å². The minimum absolute atomic E-state index is 0.899. The maximum absolute atomic E-state index is 4.64. The van der Waals surface area contributed by atoms with Crippen molar-refractivity contribution in [1.29, 1.82) is 0 Å². The van der Waals surface area contributed by atoms with Crippen LogP contribution in [0.1, 0.15) is 24.2 Å². The summed E-state index contributed by atoms with van der Waals surface area (Å²) in [4.78, 5) is 8.03. The molecule has 2 nitrogen and oxygen atoms in total. The highest BCUT2D eigenvalue weighted by Crippen LogP contribution is 2.32. The number of aromatic nitrogens is 2. The first-order valence-electron chi connectivity index (χ1n) is 5.27. The van der Waals surface area contributed by atoms with Crippen molar-refractivity contribution in [1.82, 2.24) is 9.97 Å². The third kappa shape index (κ3) is 1.31. The fourth-order valence-electron chi connectivity index (χ4n) is 1.92. The number of imidazole rings is 1. The average Bonchev–Trinajstić information content (AvgIpc) is 2.84. The van der Waals surface area contributed by atoms with Gasteiger partial charge in [0.1, 0.15) is 5.82 Å². The Morgan fingerprint density at radius 1 is 1.43 bits per heavy atom. The molecular formula is C12H14N2. The van der Waals surface area contributed by atoms with E-state index in [0.29, 0.717) is 0 Å². The molecule has 0 saturated heterocycles. The molecule has 0 aliphatic heterocycles. The second kappa shape index (κ2) is 2.84. The van der Waals surface area contributed by atoms with Crippen LogP contribution in [0.2, 0.25) is 0 Å². The monoisotopic (exact) mass is 186 g/mol. The number of benzene rings is 1. The molecule has 0 radical (unpaired) electrons. The molecule has 1 fully saturated rings. The number of aromatic amines is 1. The molecule has 0 spiro atoms. The minimum Gasteiger partial charge on any atom is -0.342 e. The van der Waals surface area contributed by atoms with Crippen LogP contribution in [0.3, 0.4) is 0 Å². The SMILES string of the molecule is Cc1cccc2[nH]c(CC3CC3)nc12. The first-order chi connectivity index (χ1) is 6.83. The molecule has 0 bridgehead atoms. The van der Waals surface area contributed by atoms with Gasteiger partial charge in [-0.1, -0.05) is 12.1 Å². The number of nitrogens with one attached hydrogen (secondary N) is 1. The van der Waals surface area contributed by atoms with Crippen LogP contribution in [0.5, 0.6) is 0 Å². The molecule has 1 aliphatic carbocycles. The van der Waals surface area contributed by atoms with E-state index in [4.69, 9.17) is 0 Å². The summed E-state index contributed by atoms with van der Waals surface area (Å²) in [7, 11) is 0. The first kappa shape index (κ1) is 8.04. The first-order valence-corrected chi connectivity index (χ1v) is 5.27. The van der Waals surface area contributed by atoms with E-state index < -0.39 is 0 Å². The van der Waals surface area contributed by atoms with Crippen LogP contribution < -0.4 is 0 Å². The Morgan fingerprint density at radius 3 is 3.00 bits per heavy atom. The van der Waals surface area contributed by atoms with Gasteiger partial charge in [-0.2, -0.15) is 0 Å². The van der Waals surface area contributed by atoms with E-state index in [-0.39, 0.29) is 0 Å². The van der Waals surface area contributed by atoms with Crippen molar-refractivity contribution in [3.63, 3.8) is 0 Å². The van der Waals surface area contributed by atoms with E-state index >= 15 is 0 Å². The zero-order valence-electron chi connectivity index (χ0n) is 8.38. The molecule has 0 unspecified atom stereocenters. The summed E-state index contributed by atoms with van der Waals surface area (Å²) in [6, 6.07) is 6.30. The van der Waals surface area contributed by atoms with Gasteiger partial charge in [-0.05, 0) is 37.3 Å². The van der Waals surface area contributed by atoms with E-state index in [1.165, 1.54) is 23.9 Å². The van der Waals surface area contributed by atoms with Gasteiger partial charge in [-0.3, -0.25) is 0 Å². The maximum Gasteiger partial charge on any atom is 0.107 e. The van der Waals surface area contributed by atoms with Crippen molar-refractivity contribution >= 4 is 11.0 Å². The summed E-state index contributed by atoms with van der Waals surface area (Å²) in [6.45, 7) is 2.12. The normalized spacial score (nSPS) is 16.4. The molecule has 72 valence electrons. The predicted octanol–water partition coefficient (Wildman–Crippen LogP) is 2.82. The van der Waals surface area contributed by atoms with Crippen molar-refractivity contribution in [3.05, 3.63) is 29.6 Å². The molecule has 0 atom stereocenters. The smallest absolute Gasteiger partial charge is 0.107 e. The lowest BCUT2D eigenvalue weighted by molar-refractivity contribution is 0.787. The Labute approximate surface area is 83.4 Å². The van der Waals surface area contributed by atoms with Gasteiger partial charge in [0.2, 0.25) is 0 Å². The Hall–Kier alpha value is -1.31. The second-order valence-corrected chi connectivity index (χ2v) is 4.30. The van der Waals surface area contributed by atoms with Crippen LogP contribution in [0.25, 0.3) is 11.0 Å². The van der Waals surface area contributed by atoms with E-state index in [0.717, 1.165) is 23.7 Å². The van der Waals surface area contributed by atoms with Gasteiger partial charge in [-0.15, -0.1) is 0 Å². The zero-order valence-corrected chi connectivity index (χ0v) is 8.38. The molecule has 1 aliphatic rings. The number of fused-ring (bicyclic) bond motifs is 1. The molecule has 1 aromatic carbocycles. The predicted molar refractivity (Wildman–Crippen MR) is 57.3 cm³/mol. The Balaban J connectivity index is 2.05. The van der Waals surface area contributed by atoms with Gasteiger partial charge in [0, 0.05) is 6.42 Å². The van der Waals surface area contributed by atoms with E-state index in [1.807, 2.05) is 0 Å². The van der Waals surface area contributed by atoms with Crippen LogP contribution in [0.15, 0.2) is 18.2 Å². The number of rotatable bonds is 2. The van der Waals surface area contributed by atoms with Gasteiger partial charge in [-0.25, -0.2) is 4.98 Å². The Bertz CT molecular complexity index is 466. The summed E-state index contributed by atoms with van der Waals surface area (Å²) < 4.78 is 0. The number of hydrogen-bond donors (Lipinski definition) is 1. The molecule has 14 heavy (non-hydrogen) atoms. The number of H-pyrrole nitrogens is 1. The summed E-state index contributed by atoms with van der Waals surface area (Å²) >= 11 is 0. The lowest BCUT2D eigenvalue weighted by atomic mass is 10.2. The van der Waals surface area contributed by atoms with Crippen LogP contribution in [0.4, 0.5) is 0 Å². The van der Waals surface area contributed by atoms with Gasteiger partial charge in [0.25, 0.3) is 0 Å². The molecule has 1 N–H and O–H groups in total. The highest BCUT2D eigenvalue weighted by molar-refractivity contribution is 5.78. The van der Waals surface area contributed by atoms with Crippen molar-refractivity contribution in [2.45, 2.75) is 26.2 Å². The number of hydrogen-bond acceptors (Lipinski definition) is 1. The van der Waals surface area contributed by atoms with Crippen molar-refractivity contribution < 1.29 is 0 Å². The lowest BCUT2D eigenvalue weighted by Crippen LogP contribution is -1.88. The molecule has 1 heterocycles. The quantitative estimate of drug-likeness (QED) is 0.767. The number of para-hydroxylation sites is 1. The van der Waals surface area contributed by atoms with Crippen LogP contribution in [0, 0.1) is 12.8 Å².